The number of hydrogen-bond acceptors (Lipinski definition) is 6. The highest BCUT2D eigenvalue weighted by Gasteiger charge is 2.36. The third-order valence-corrected chi connectivity index (χ3v) is 5.71. The van der Waals surface area contributed by atoms with Crippen LogP contribution < -0.4 is 0 Å². The predicted octanol–water partition coefficient (Wildman–Crippen LogP) is 3.02. The van der Waals surface area contributed by atoms with Gasteiger partial charge in [-0.15, -0.1) is 0 Å². The van der Waals surface area contributed by atoms with Crippen LogP contribution in [0.1, 0.15) is 24.8 Å². The van der Waals surface area contributed by atoms with E-state index in [1.165, 1.54) is 28.3 Å². The fraction of sp³-hybridized carbons (Fsp3) is 0.500. The highest BCUT2D eigenvalue weighted by molar-refractivity contribution is 7.53. The molecular formula is C16H23O6P. The summed E-state index contributed by atoms with van der Waals surface area (Å²) in [5.74, 6) is -2.31. The van der Waals surface area contributed by atoms with Gasteiger partial charge in [-0.25, -0.2) is 0 Å². The van der Waals surface area contributed by atoms with Gasteiger partial charge in [0.15, 0.2) is 0 Å². The van der Waals surface area contributed by atoms with Crippen LogP contribution in [-0.4, -0.2) is 39.2 Å². The molecule has 0 aliphatic carbocycles. The smallest absolute Gasteiger partial charge is 0.330 e. The lowest BCUT2D eigenvalue weighted by molar-refractivity contribution is -0.150. The molecule has 0 radical (unpaired) electrons. The van der Waals surface area contributed by atoms with Crippen LogP contribution in [0.4, 0.5) is 0 Å². The van der Waals surface area contributed by atoms with Crippen molar-refractivity contribution in [1.82, 2.24) is 0 Å². The van der Waals surface area contributed by atoms with Gasteiger partial charge in [-0.05, 0) is 18.9 Å². The van der Waals surface area contributed by atoms with Crippen molar-refractivity contribution in [3.63, 3.8) is 0 Å². The van der Waals surface area contributed by atoms with E-state index in [1.807, 2.05) is 30.3 Å². The van der Waals surface area contributed by atoms with E-state index in [1.54, 1.807) is 0 Å². The van der Waals surface area contributed by atoms with Crippen LogP contribution in [0.3, 0.4) is 0 Å². The lowest BCUT2D eigenvalue weighted by Crippen LogP contribution is -2.30. The first-order chi connectivity index (χ1) is 10.9. The minimum Gasteiger partial charge on any atom is -0.468 e. The molecule has 1 aromatic rings. The topological polar surface area (TPSA) is 78.9 Å². The Bertz CT molecular complexity index is 563. The molecule has 1 aromatic carbocycles. The van der Waals surface area contributed by atoms with E-state index in [9.17, 15) is 14.2 Å². The highest BCUT2D eigenvalue weighted by atomic mass is 31.2. The molecule has 0 amide bonds. The van der Waals surface area contributed by atoms with Crippen molar-refractivity contribution < 1.29 is 27.9 Å². The molecule has 128 valence electrons. The second-order valence-corrected chi connectivity index (χ2v) is 7.52. The van der Waals surface area contributed by atoms with Crippen LogP contribution >= 0.6 is 7.60 Å². The van der Waals surface area contributed by atoms with E-state index in [0.29, 0.717) is 6.42 Å². The summed E-state index contributed by atoms with van der Waals surface area (Å²) < 4.78 is 26.9. The van der Waals surface area contributed by atoms with Gasteiger partial charge < -0.3 is 13.8 Å². The zero-order valence-corrected chi connectivity index (χ0v) is 14.7. The monoisotopic (exact) mass is 342 g/mol. The second kappa shape index (κ2) is 8.96. The summed E-state index contributed by atoms with van der Waals surface area (Å²) in [6.07, 6.45) is 0.392. The van der Waals surface area contributed by atoms with Gasteiger partial charge in [-0.3, -0.25) is 14.2 Å². The molecule has 0 bridgehead atoms. The zero-order chi connectivity index (χ0) is 17.5. The molecule has 0 fully saturated rings. The number of methoxy groups -OCH3 is 1. The largest absolute Gasteiger partial charge is 0.468 e. The third-order valence-electron chi connectivity index (χ3n) is 3.79. The maximum atomic E-state index is 12.3. The summed E-state index contributed by atoms with van der Waals surface area (Å²) in [5, 5.41) is 0. The second-order valence-electron chi connectivity index (χ2n) is 5.12. The van der Waals surface area contributed by atoms with E-state index in [-0.39, 0.29) is 11.9 Å². The van der Waals surface area contributed by atoms with Crippen LogP contribution in [0.5, 0.6) is 0 Å². The average molecular weight is 342 g/mol. The van der Waals surface area contributed by atoms with Crippen molar-refractivity contribution in [1.29, 1.82) is 0 Å². The molecule has 23 heavy (non-hydrogen) atoms. The number of hydrogen-bond donors (Lipinski definition) is 0. The van der Waals surface area contributed by atoms with Gasteiger partial charge in [0.05, 0.1) is 13.3 Å². The van der Waals surface area contributed by atoms with Crippen LogP contribution in [0.25, 0.3) is 0 Å². The summed E-state index contributed by atoms with van der Waals surface area (Å²) in [4.78, 5) is 24.0. The van der Waals surface area contributed by atoms with Crippen LogP contribution in [0.15, 0.2) is 30.3 Å². The van der Waals surface area contributed by atoms with Crippen molar-refractivity contribution >= 4 is 19.3 Å². The van der Waals surface area contributed by atoms with Gasteiger partial charge in [-0.1, -0.05) is 30.3 Å². The third kappa shape index (κ3) is 5.27. The van der Waals surface area contributed by atoms with Gasteiger partial charge >= 0.3 is 13.6 Å². The van der Waals surface area contributed by atoms with E-state index < -0.39 is 25.4 Å². The molecule has 2 unspecified atom stereocenters. The minimum absolute atomic E-state index is 0.0976. The predicted molar refractivity (Wildman–Crippen MR) is 86.5 cm³/mol. The summed E-state index contributed by atoms with van der Waals surface area (Å²) in [6.45, 7) is 1.35. The molecule has 0 spiro atoms. The van der Waals surface area contributed by atoms with Gasteiger partial charge in [-0.2, -0.15) is 0 Å². The Labute approximate surface area is 136 Å². The summed E-state index contributed by atoms with van der Waals surface area (Å²) in [5.41, 5.74) is 0.803. The Hall–Kier alpha value is -1.49. The maximum Gasteiger partial charge on any atom is 0.330 e. The van der Waals surface area contributed by atoms with E-state index in [2.05, 4.69) is 0 Å². The number of esters is 1. The molecule has 0 aliphatic heterocycles. The van der Waals surface area contributed by atoms with Crippen LogP contribution in [-0.2, 0) is 27.9 Å². The molecule has 2 atom stereocenters. The number of carbonyl (C=O) groups excluding carboxylic acids is 2. The van der Waals surface area contributed by atoms with Crippen molar-refractivity contribution in [3.8, 4) is 0 Å². The van der Waals surface area contributed by atoms with E-state index in [4.69, 9.17) is 13.8 Å². The Morgan fingerprint density at radius 3 is 2.09 bits per heavy atom. The Morgan fingerprint density at radius 2 is 1.65 bits per heavy atom. The van der Waals surface area contributed by atoms with Gasteiger partial charge in [0, 0.05) is 20.1 Å². The summed E-state index contributed by atoms with van der Waals surface area (Å²) >= 11 is 0. The molecule has 6 nitrogen and oxygen atoms in total. The summed E-state index contributed by atoms with van der Waals surface area (Å²) in [6, 6.07) is 9.14. The zero-order valence-electron chi connectivity index (χ0n) is 13.9. The van der Waals surface area contributed by atoms with Crippen LogP contribution in [0, 0.1) is 5.92 Å². The quantitative estimate of drug-likeness (QED) is 0.390. The SMILES string of the molecule is COC(=O)C(C(C)=O)C(CCP(=O)(OC)OC)c1ccccc1. The number of rotatable bonds is 9. The van der Waals surface area contributed by atoms with Crippen molar-refractivity contribution in [3.05, 3.63) is 35.9 Å². The van der Waals surface area contributed by atoms with Crippen molar-refractivity contribution in [2.45, 2.75) is 19.3 Å². The van der Waals surface area contributed by atoms with Crippen molar-refractivity contribution in [2.24, 2.45) is 5.92 Å². The Kier molecular flexibility index (Phi) is 7.62. The first kappa shape index (κ1) is 19.6. The van der Waals surface area contributed by atoms with E-state index >= 15 is 0 Å². The molecule has 0 aliphatic rings. The summed E-state index contributed by atoms with van der Waals surface area (Å²) in [7, 11) is 0.638. The standard InChI is InChI=1S/C16H23O6P/c1-12(17)15(16(18)20-2)14(13-8-6-5-7-9-13)10-11-23(19,21-3)22-4/h5-9,14-15H,10-11H2,1-4H3. The molecule has 0 heterocycles. The fourth-order valence-electron chi connectivity index (χ4n) is 2.52. The number of benzene rings is 1. The fourth-order valence-corrected chi connectivity index (χ4v) is 3.63. The molecule has 0 aromatic heterocycles. The molecule has 0 saturated carbocycles. The first-order valence-corrected chi connectivity index (χ1v) is 8.95. The molecular weight excluding hydrogens is 319 g/mol. The van der Waals surface area contributed by atoms with Crippen LogP contribution in [0.2, 0.25) is 0 Å². The number of ether oxygens (including phenoxy) is 1. The number of ketones is 1. The van der Waals surface area contributed by atoms with Gasteiger partial charge in [0.25, 0.3) is 0 Å². The van der Waals surface area contributed by atoms with Crippen molar-refractivity contribution in [2.75, 3.05) is 27.5 Å². The number of carbonyl (C=O) groups is 2. The average Bonchev–Trinajstić information content (AvgIpc) is 2.58. The van der Waals surface area contributed by atoms with Gasteiger partial charge in [0.1, 0.15) is 11.7 Å². The molecule has 7 heteroatoms. The highest BCUT2D eigenvalue weighted by Crippen LogP contribution is 2.49. The Balaban J connectivity index is 3.14. The maximum absolute atomic E-state index is 12.3. The Morgan fingerprint density at radius 1 is 1.09 bits per heavy atom. The number of Topliss-reactive ketones (excluding diaryl/α,β-unsaturated/α-hetero) is 1. The lowest BCUT2D eigenvalue weighted by atomic mass is 9.82. The van der Waals surface area contributed by atoms with E-state index in [0.717, 1.165) is 5.56 Å². The molecule has 1 rings (SSSR count). The normalized spacial score (nSPS) is 14.1. The molecule has 0 saturated heterocycles. The first-order valence-electron chi connectivity index (χ1n) is 7.22. The van der Waals surface area contributed by atoms with Gasteiger partial charge in [0.2, 0.25) is 0 Å². The minimum atomic E-state index is -3.23. The molecule has 0 N–H and O–H groups in total. The lowest BCUT2D eigenvalue weighted by Gasteiger charge is -2.25.